The largest absolute Gasteiger partial charge is 0.378 e. The number of anilines is 1. The first-order chi connectivity index (χ1) is 5.86. The summed E-state index contributed by atoms with van der Waals surface area (Å²) in [5.41, 5.74) is 0. The topological polar surface area (TPSA) is 30.3 Å². The molecule has 1 aliphatic heterocycles. The monoisotopic (exact) mass is 167 g/mol. The SMILES string of the molecule is Cn1cnc(N2CCOCC2)c1. The molecule has 0 aromatic carbocycles. The molecule has 2 rings (SSSR count). The molecule has 12 heavy (non-hydrogen) atoms. The number of morpholine rings is 1. The van der Waals surface area contributed by atoms with Gasteiger partial charge in [-0.25, -0.2) is 4.98 Å². The molecule has 1 aromatic rings. The van der Waals surface area contributed by atoms with Gasteiger partial charge in [0, 0.05) is 26.3 Å². The molecule has 1 saturated heterocycles. The summed E-state index contributed by atoms with van der Waals surface area (Å²) in [5.74, 6) is 1.06. The highest BCUT2D eigenvalue weighted by atomic mass is 16.5. The number of aromatic nitrogens is 2. The molecule has 0 saturated carbocycles. The van der Waals surface area contributed by atoms with Crippen LogP contribution in [-0.2, 0) is 11.8 Å². The van der Waals surface area contributed by atoms with Crippen LogP contribution in [0.5, 0.6) is 0 Å². The van der Waals surface area contributed by atoms with Crippen molar-refractivity contribution in [2.24, 2.45) is 7.05 Å². The molecule has 1 aromatic heterocycles. The summed E-state index contributed by atoms with van der Waals surface area (Å²) in [7, 11) is 1.98. The standard InChI is InChI=1S/C8H13N3O/c1-10-6-8(9-7-10)11-2-4-12-5-3-11/h6-7H,2-5H2,1H3. The second kappa shape index (κ2) is 3.15. The van der Waals surface area contributed by atoms with Gasteiger partial charge in [0.25, 0.3) is 0 Å². The van der Waals surface area contributed by atoms with Crippen molar-refractivity contribution in [3.63, 3.8) is 0 Å². The number of nitrogens with zero attached hydrogens (tertiary/aromatic N) is 3. The summed E-state index contributed by atoms with van der Waals surface area (Å²) in [6.07, 6.45) is 3.86. The molecule has 0 radical (unpaired) electrons. The lowest BCUT2D eigenvalue weighted by molar-refractivity contribution is 0.122. The van der Waals surface area contributed by atoms with Crippen molar-refractivity contribution in [2.45, 2.75) is 0 Å². The van der Waals surface area contributed by atoms with E-state index < -0.39 is 0 Å². The maximum Gasteiger partial charge on any atom is 0.146 e. The zero-order chi connectivity index (χ0) is 8.39. The van der Waals surface area contributed by atoms with Gasteiger partial charge < -0.3 is 14.2 Å². The van der Waals surface area contributed by atoms with E-state index in [1.807, 2.05) is 24.1 Å². The predicted molar refractivity (Wildman–Crippen MR) is 46.2 cm³/mol. The van der Waals surface area contributed by atoms with Crippen molar-refractivity contribution in [3.05, 3.63) is 12.5 Å². The van der Waals surface area contributed by atoms with Gasteiger partial charge in [-0.3, -0.25) is 0 Å². The molecule has 4 heteroatoms. The van der Waals surface area contributed by atoms with Gasteiger partial charge in [0.2, 0.25) is 0 Å². The van der Waals surface area contributed by atoms with Gasteiger partial charge >= 0.3 is 0 Å². The highest BCUT2D eigenvalue weighted by Crippen LogP contribution is 2.10. The molecule has 0 unspecified atom stereocenters. The molecule has 0 aliphatic carbocycles. The summed E-state index contributed by atoms with van der Waals surface area (Å²) in [5, 5.41) is 0. The van der Waals surface area contributed by atoms with Crippen molar-refractivity contribution >= 4 is 5.82 Å². The van der Waals surface area contributed by atoms with Gasteiger partial charge in [-0.2, -0.15) is 0 Å². The van der Waals surface area contributed by atoms with Crippen LogP contribution in [0.2, 0.25) is 0 Å². The minimum atomic E-state index is 0.816. The van der Waals surface area contributed by atoms with Gasteiger partial charge in [-0.05, 0) is 0 Å². The third-order valence-electron chi connectivity index (χ3n) is 2.03. The summed E-state index contributed by atoms with van der Waals surface area (Å²) in [4.78, 5) is 6.51. The Morgan fingerprint density at radius 3 is 2.75 bits per heavy atom. The molecule has 0 amide bonds. The molecule has 66 valence electrons. The third kappa shape index (κ3) is 1.43. The lowest BCUT2D eigenvalue weighted by Crippen LogP contribution is -2.36. The quantitative estimate of drug-likeness (QED) is 0.601. The van der Waals surface area contributed by atoms with E-state index in [1.54, 1.807) is 0 Å². The van der Waals surface area contributed by atoms with E-state index in [0.717, 1.165) is 32.1 Å². The average molecular weight is 167 g/mol. The molecule has 2 heterocycles. The molecular weight excluding hydrogens is 154 g/mol. The van der Waals surface area contributed by atoms with Crippen molar-refractivity contribution in [2.75, 3.05) is 31.2 Å². The van der Waals surface area contributed by atoms with E-state index in [2.05, 4.69) is 9.88 Å². The Morgan fingerprint density at radius 1 is 1.42 bits per heavy atom. The second-order valence-electron chi connectivity index (χ2n) is 3.00. The highest BCUT2D eigenvalue weighted by Gasteiger charge is 2.12. The minimum Gasteiger partial charge on any atom is -0.378 e. The summed E-state index contributed by atoms with van der Waals surface area (Å²) in [6, 6.07) is 0. The van der Waals surface area contributed by atoms with Crippen LogP contribution in [0.1, 0.15) is 0 Å². The molecule has 0 spiro atoms. The van der Waals surface area contributed by atoms with E-state index >= 15 is 0 Å². The highest BCUT2D eigenvalue weighted by molar-refractivity contribution is 5.36. The van der Waals surface area contributed by atoms with Crippen molar-refractivity contribution in [3.8, 4) is 0 Å². The van der Waals surface area contributed by atoms with Gasteiger partial charge in [0.1, 0.15) is 5.82 Å². The van der Waals surface area contributed by atoms with Crippen LogP contribution in [-0.4, -0.2) is 35.9 Å². The molecule has 0 N–H and O–H groups in total. The van der Waals surface area contributed by atoms with E-state index in [-0.39, 0.29) is 0 Å². The van der Waals surface area contributed by atoms with Gasteiger partial charge in [0.15, 0.2) is 0 Å². The Bertz CT molecular complexity index is 253. The first-order valence-corrected chi connectivity index (χ1v) is 4.17. The maximum atomic E-state index is 5.25. The summed E-state index contributed by atoms with van der Waals surface area (Å²) in [6.45, 7) is 3.54. The Balaban J connectivity index is 2.08. The van der Waals surface area contributed by atoms with Crippen molar-refractivity contribution < 1.29 is 4.74 Å². The van der Waals surface area contributed by atoms with Crippen molar-refractivity contribution in [1.29, 1.82) is 0 Å². The van der Waals surface area contributed by atoms with Crippen molar-refractivity contribution in [1.82, 2.24) is 9.55 Å². The third-order valence-corrected chi connectivity index (χ3v) is 2.03. The minimum absolute atomic E-state index is 0.816. The molecule has 1 aliphatic rings. The number of hydrogen-bond donors (Lipinski definition) is 0. The normalized spacial score (nSPS) is 18.2. The lowest BCUT2D eigenvalue weighted by Gasteiger charge is -2.26. The first-order valence-electron chi connectivity index (χ1n) is 4.17. The fourth-order valence-electron chi connectivity index (χ4n) is 1.35. The predicted octanol–water partition coefficient (Wildman–Crippen LogP) is 0.257. The second-order valence-corrected chi connectivity index (χ2v) is 3.00. The number of imidazole rings is 1. The summed E-state index contributed by atoms with van der Waals surface area (Å²) < 4.78 is 7.21. The Kier molecular flexibility index (Phi) is 1.99. The van der Waals surface area contributed by atoms with E-state index in [1.165, 1.54) is 0 Å². The van der Waals surface area contributed by atoms with Crippen LogP contribution in [0.4, 0.5) is 5.82 Å². The Morgan fingerprint density at radius 2 is 2.17 bits per heavy atom. The van der Waals surface area contributed by atoms with Crippen LogP contribution >= 0.6 is 0 Å². The maximum absolute atomic E-state index is 5.25. The van der Waals surface area contributed by atoms with Crippen LogP contribution < -0.4 is 4.90 Å². The van der Waals surface area contributed by atoms with E-state index in [4.69, 9.17) is 4.74 Å². The van der Waals surface area contributed by atoms with Crippen LogP contribution in [0, 0.1) is 0 Å². The van der Waals surface area contributed by atoms with Gasteiger partial charge in [-0.1, -0.05) is 0 Å². The zero-order valence-electron chi connectivity index (χ0n) is 7.23. The van der Waals surface area contributed by atoms with E-state index in [9.17, 15) is 0 Å². The molecule has 0 bridgehead atoms. The molecule has 4 nitrogen and oxygen atoms in total. The Hall–Kier alpha value is -1.03. The molecular formula is C8H13N3O. The summed E-state index contributed by atoms with van der Waals surface area (Å²) >= 11 is 0. The van der Waals surface area contributed by atoms with Gasteiger partial charge in [-0.15, -0.1) is 0 Å². The molecule has 1 fully saturated rings. The number of ether oxygens (including phenoxy) is 1. The number of rotatable bonds is 1. The molecule has 0 atom stereocenters. The number of hydrogen-bond acceptors (Lipinski definition) is 3. The zero-order valence-corrected chi connectivity index (χ0v) is 7.23. The smallest absolute Gasteiger partial charge is 0.146 e. The fourth-order valence-corrected chi connectivity index (χ4v) is 1.35. The van der Waals surface area contributed by atoms with E-state index in [0.29, 0.717) is 0 Å². The fraction of sp³-hybridized carbons (Fsp3) is 0.625. The first kappa shape index (κ1) is 7.61. The van der Waals surface area contributed by atoms with Crippen LogP contribution in [0.15, 0.2) is 12.5 Å². The van der Waals surface area contributed by atoms with Gasteiger partial charge in [0.05, 0.1) is 19.5 Å². The lowest BCUT2D eigenvalue weighted by atomic mass is 10.4. The number of aryl methyl sites for hydroxylation is 1. The van der Waals surface area contributed by atoms with Crippen LogP contribution in [0.25, 0.3) is 0 Å². The Labute approximate surface area is 71.8 Å². The average Bonchev–Trinajstić information content (AvgIpc) is 2.54. The van der Waals surface area contributed by atoms with Crippen LogP contribution in [0.3, 0.4) is 0 Å².